The van der Waals surface area contributed by atoms with Crippen molar-refractivity contribution < 1.29 is 32.2 Å². The summed E-state index contributed by atoms with van der Waals surface area (Å²) in [5, 5.41) is 9.01. The summed E-state index contributed by atoms with van der Waals surface area (Å²) >= 11 is 0.906. The van der Waals surface area contributed by atoms with Gasteiger partial charge in [0.2, 0.25) is 16.8 Å². The van der Waals surface area contributed by atoms with Crippen molar-refractivity contribution in [2.24, 2.45) is 5.14 Å². The van der Waals surface area contributed by atoms with Crippen LogP contribution in [0.4, 0.5) is 5.69 Å². The maximum atomic E-state index is 12.5. The van der Waals surface area contributed by atoms with E-state index in [4.69, 9.17) is 14.6 Å². The molecular weight excluding hydrogens is 372 g/mol. The third-order valence-electron chi connectivity index (χ3n) is 3.31. The van der Waals surface area contributed by atoms with Crippen molar-refractivity contribution in [2.75, 3.05) is 19.2 Å². The smallest absolute Gasteiger partial charge is 0.340 e. The van der Waals surface area contributed by atoms with Crippen molar-refractivity contribution in [3.05, 3.63) is 34.0 Å². The number of ether oxygens (including phenoxy) is 3. The second-order valence-corrected chi connectivity index (χ2v) is 7.30. The molecule has 0 saturated heterocycles. The van der Waals surface area contributed by atoms with Crippen molar-refractivity contribution >= 4 is 38.9 Å². The number of benzene rings is 1. The molecule has 0 bridgehead atoms. The molecule has 0 atom stereocenters. The molecule has 3 N–H and O–H groups in total. The van der Waals surface area contributed by atoms with E-state index in [1.807, 2.05) is 0 Å². The number of nitrogens with one attached hydrogen (secondary N) is 1. The average Bonchev–Trinajstić information content (AvgIpc) is 3.21. The molecule has 1 aliphatic rings. The first kappa shape index (κ1) is 17.2. The Morgan fingerprint density at radius 1 is 1.28 bits per heavy atom. The first-order valence-corrected chi connectivity index (χ1v) is 9.17. The van der Waals surface area contributed by atoms with Gasteiger partial charge < -0.3 is 19.5 Å². The number of thiophene rings is 1. The van der Waals surface area contributed by atoms with Crippen LogP contribution in [0.1, 0.15) is 20.0 Å². The molecule has 0 radical (unpaired) electrons. The minimum Gasteiger partial charge on any atom is -0.465 e. The molecule has 132 valence electrons. The Labute approximate surface area is 146 Å². The van der Waals surface area contributed by atoms with Gasteiger partial charge in [0.05, 0.1) is 18.4 Å². The lowest BCUT2D eigenvalue weighted by Crippen LogP contribution is -2.19. The molecule has 3 rings (SSSR count). The van der Waals surface area contributed by atoms with Crippen LogP contribution in [0.3, 0.4) is 0 Å². The van der Waals surface area contributed by atoms with E-state index in [1.54, 1.807) is 0 Å². The molecule has 11 heteroatoms. The van der Waals surface area contributed by atoms with Gasteiger partial charge in [-0.05, 0) is 11.4 Å². The number of amides is 1. The largest absolute Gasteiger partial charge is 0.465 e. The lowest BCUT2D eigenvalue weighted by Gasteiger charge is -2.11. The Bertz CT molecular complexity index is 966. The Balaban J connectivity index is 1.99. The molecule has 1 aliphatic heterocycles. The number of anilines is 1. The van der Waals surface area contributed by atoms with Gasteiger partial charge in [0.25, 0.3) is 5.91 Å². The third kappa shape index (κ3) is 3.29. The Kier molecular flexibility index (Phi) is 4.37. The van der Waals surface area contributed by atoms with Crippen LogP contribution < -0.4 is 19.9 Å². The van der Waals surface area contributed by atoms with E-state index in [-0.39, 0.29) is 27.8 Å². The third-order valence-corrected chi connectivity index (χ3v) is 5.30. The van der Waals surface area contributed by atoms with Gasteiger partial charge in [-0.15, -0.1) is 11.3 Å². The van der Waals surface area contributed by atoms with Crippen LogP contribution in [0.5, 0.6) is 11.5 Å². The molecule has 0 spiro atoms. The summed E-state index contributed by atoms with van der Waals surface area (Å²) in [4.78, 5) is 24.0. The van der Waals surface area contributed by atoms with Gasteiger partial charge >= 0.3 is 5.97 Å². The Morgan fingerprint density at radius 2 is 1.96 bits per heavy atom. The van der Waals surface area contributed by atoms with Crippen molar-refractivity contribution in [1.29, 1.82) is 0 Å². The highest BCUT2D eigenvalue weighted by Gasteiger charge is 2.25. The summed E-state index contributed by atoms with van der Waals surface area (Å²) < 4.78 is 38.2. The first-order chi connectivity index (χ1) is 11.8. The molecule has 2 aromatic rings. The highest BCUT2D eigenvalue weighted by Crippen LogP contribution is 2.37. The fraction of sp³-hybridized carbons (Fsp3) is 0.143. The van der Waals surface area contributed by atoms with E-state index in [0.29, 0.717) is 11.5 Å². The molecule has 1 aromatic heterocycles. The number of primary sulfonamides is 1. The number of methoxy groups -OCH3 is 1. The molecule has 25 heavy (non-hydrogen) atoms. The average molecular weight is 384 g/mol. The van der Waals surface area contributed by atoms with E-state index < -0.39 is 21.9 Å². The molecule has 0 unspecified atom stereocenters. The van der Waals surface area contributed by atoms with Gasteiger partial charge in [-0.1, -0.05) is 0 Å². The quantitative estimate of drug-likeness (QED) is 0.756. The summed E-state index contributed by atoms with van der Waals surface area (Å²) in [7, 11) is -2.86. The summed E-state index contributed by atoms with van der Waals surface area (Å²) in [6.45, 7) is -0.0200. The van der Waals surface area contributed by atoms with Gasteiger partial charge in [-0.2, -0.15) is 0 Å². The highest BCUT2D eigenvalue weighted by atomic mass is 32.2. The number of sulfonamides is 1. The van der Waals surface area contributed by atoms with Crippen molar-refractivity contribution in [2.45, 2.75) is 4.90 Å². The van der Waals surface area contributed by atoms with Gasteiger partial charge in [0, 0.05) is 12.1 Å². The summed E-state index contributed by atoms with van der Waals surface area (Å²) in [5.41, 5.74) is 0.128. The number of carbonyl (C=O) groups is 2. The Morgan fingerprint density at radius 3 is 2.60 bits per heavy atom. The maximum Gasteiger partial charge on any atom is 0.340 e. The molecular formula is C14H12N2O7S2. The molecule has 9 nitrogen and oxygen atoms in total. The fourth-order valence-electron chi connectivity index (χ4n) is 2.19. The zero-order valence-corrected chi connectivity index (χ0v) is 14.4. The van der Waals surface area contributed by atoms with Crippen LogP contribution >= 0.6 is 11.3 Å². The number of carbonyl (C=O) groups excluding carboxylic acids is 2. The maximum absolute atomic E-state index is 12.5. The van der Waals surface area contributed by atoms with Crippen LogP contribution in [0, 0.1) is 0 Å². The molecule has 0 fully saturated rings. The Hall–Kier alpha value is -2.63. The van der Waals surface area contributed by atoms with E-state index in [2.05, 4.69) is 10.1 Å². The lowest BCUT2D eigenvalue weighted by atomic mass is 10.1. The van der Waals surface area contributed by atoms with E-state index in [1.165, 1.54) is 30.7 Å². The number of hydrogen-bond donors (Lipinski definition) is 2. The topological polar surface area (TPSA) is 134 Å². The number of rotatable bonds is 4. The SMILES string of the molecule is COC(=O)c1cc2c(cc1NC(=O)c1sccc1S(N)(=O)=O)OCO2. The van der Waals surface area contributed by atoms with E-state index in [0.717, 1.165) is 11.3 Å². The zero-order chi connectivity index (χ0) is 18.2. The van der Waals surface area contributed by atoms with Crippen LogP contribution in [-0.4, -0.2) is 34.2 Å². The van der Waals surface area contributed by atoms with Crippen molar-refractivity contribution in [1.82, 2.24) is 0 Å². The van der Waals surface area contributed by atoms with Gasteiger partial charge in [0.15, 0.2) is 11.5 Å². The zero-order valence-electron chi connectivity index (χ0n) is 12.8. The van der Waals surface area contributed by atoms with Gasteiger partial charge in [-0.25, -0.2) is 18.4 Å². The lowest BCUT2D eigenvalue weighted by molar-refractivity contribution is 0.0601. The van der Waals surface area contributed by atoms with Crippen molar-refractivity contribution in [3.63, 3.8) is 0 Å². The predicted molar refractivity (Wildman–Crippen MR) is 87.5 cm³/mol. The summed E-state index contributed by atoms with van der Waals surface area (Å²) in [5.74, 6) is -0.768. The van der Waals surface area contributed by atoms with Crippen LogP contribution in [0.2, 0.25) is 0 Å². The van der Waals surface area contributed by atoms with E-state index in [9.17, 15) is 18.0 Å². The minimum absolute atomic E-state index is 0.0200. The van der Waals surface area contributed by atoms with Crippen LogP contribution in [0.15, 0.2) is 28.5 Å². The predicted octanol–water partition coefficient (Wildman–Crippen LogP) is 1.16. The summed E-state index contributed by atoms with van der Waals surface area (Å²) in [6, 6.07) is 4.01. The van der Waals surface area contributed by atoms with Crippen LogP contribution in [0.25, 0.3) is 0 Å². The van der Waals surface area contributed by atoms with Crippen LogP contribution in [-0.2, 0) is 14.8 Å². The fourth-order valence-corrected chi connectivity index (χ4v) is 4.06. The second-order valence-electron chi connectivity index (χ2n) is 4.86. The minimum atomic E-state index is -4.05. The normalized spacial score (nSPS) is 12.7. The summed E-state index contributed by atoms with van der Waals surface area (Å²) in [6.07, 6.45) is 0. The standard InChI is InChI=1S/C14H12N2O7S2/c1-21-14(18)7-4-9-10(23-6-22-9)5-8(7)16-13(17)12-11(2-3-24-12)25(15,19)20/h2-5H,6H2,1H3,(H,16,17)(H2,15,19,20). The molecule has 0 aliphatic carbocycles. The van der Waals surface area contributed by atoms with Crippen molar-refractivity contribution in [3.8, 4) is 11.5 Å². The van der Waals surface area contributed by atoms with E-state index >= 15 is 0 Å². The highest BCUT2D eigenvalue weighted by molar-refractivity contribution is 7.89. The van der Waals surface area contributed by atoms with Gasteiger partial charge in [0.1, 0.15) is 9.77 Å². The number of fused-ring (bicyclic) bond motifs is 1. The monoisotopic (exact) mass is 384 g/mol. The molecule has 1 amide bonds. The second kappa shape index (κ2) is 6.35. The number of hydrogen-bond acceptors (Lipinski definition) is 8. The molecule has 2 heterocycles. The first-order valence-electron chi connectivity index (χ1n) is 6.75. The molecule has 0 saturated carbocycles. The number of nitrogens with two attached hydrogens (primary N) is 1. The molecule has 1 aromatic carbocycles. The van der Waals surface area contributed by atoms with Gasteiger partial charge in [-0.3, -0.25) is 4.79 Å². The number of esters is 1.